The van der Waals surface area contributed by atoms with Crippen molar-refractivity contribution in [2.24, 2.45) is 5.73 Å². The molecule has 1 heterocycles. The van der Waals surface area contributed by atoms with E-state index in [1.54, 1.807) is 6.20 Å². The second kappa shape index (κ2) is 6.34. The second-order valence-electron chi connectivity index (χ2n) is 4.69. The van der Waals surface area contributed by atoms with Crippen molar-refractivity contribution >= 4 is 0 Å². The smallest absolute Gasteiger partial charge is 0.270 e. The fourth-order valence-electron chi connectivity index (χ4n) is 2.04. The quantitative estimate of drug-likeness (QED) is 0.890. The van der Waals surface area contributed by atoms with Crippen LogP contribution >= 0.6 is 0 Å². The zero-order chi connectivity index (χ0) is 14.5. The molecule has 0 aliphatic rings. The van der Waals surface area contributed by atoms with Gasteiger partial charge in [-0.3, -0.25) is 4.79 Å². The van der Waals surface area contributed by atoms with Crippen LogP contribution < -0.4 is 16.0 Å². The van der Waals surface area contributed by atoms with Crippen LogP contribution in [0.25, 0.3) is 0 Å². The lowest BCUT2D eigenvalue weighted by molar-refractivity contribution is 0.324. The minimum atomic E-state index is -0.179. The van der Waals surface area contributed by atoms with E-state index in [0.717, 1.165) is 16.7 Å². The zero-order valence-electron chi connectivity index (χ0n) is 11.8. The largest absolute Gasteiger partial charge is 0.490 e. The summed E-state index contributed by atoms with van der Waals surface area (Å²) in [6.07, 6.45) is 1.55. The number of nitrogens with two attached hydrogens (primary N) is 1. The lowest BCUT2D eigenvalue weighted by Crippen LogP contribution is -2.24. The van der Waals surface area contributed by atoms with E-state index in [2.05, 4.69) is 5.10 Å². The number of rotatable bonds is 5. The molecule has 106 valence electrons. The summed E-state index contributed by atoms with van der Waals surface area (Å²) in [6.45, 7) is 5.32. The maximum absolute atomic E-state index is 12.0. The molecule has 5 nitrogen and oxygen atoms in total. The van der Waals surface area contributed by atoms with Gasteiger partial charge in [0.05, 0.1) is 12.7 Å². The molecule has 1 aromatic heterocycles. The van der Waals surface area contributed by atoms with E-state index in [0.29, 0.717) is 25.4 Å². The fraction of sp³-hybridized carbons (Fsp3) is 0.333. The predicted octanol–water partition coefficient (Wildman–Crippen LogP) is 1.25. The molecule has 0 atom stereocenters. The molecule has 0 spiro atoms. The Balaban J connectivity index is 2.24. The average molecular weight is 273 g/mol. The lowest BCUT2D eigenvalue weighted by atomic mass is 10.0. The van der Waals surface area contributed by atoms with Gasteiger partial charge in [-0.15, -0.1) is 0 Å². The number of hydrogen-bond acceptors (Lipinski definition) is 4. The summed E-state index contributed by atoms with van der Waals surface area (Å²) in [5.41, 5.74) is 8.60. The van der Waals surface area contributed by atoms with Crippen LogP contribution in [-0.2, 0) is 6.54 Å². The second-order valence-corrected chi connectivity index (χ2v) is 4.69. The summed E-state index contributed by atoms with van der Waals surface area (Å²) in [5.74, 6) is 0.457. The molecule has 1 aromatic carbocycles. The van der Waals surface area contributed by atoms with Gasteiger partial charge >= 0.3 is 0 Å². The van der Waals surface area contributed by atoms with E-state index >= 15 is 0 Å². The van der Waals surface area contributed by atoms with Crippen molar-refractivity contribution in [1.29, 1.82) is 0 Å². The normalized spacial score (nSPS) is 10.6. The summed E-state index contributed by atoms with van der Waals surface area (Å²) in [4.78, 5) is 12.0. The molecule has 0 unspecified atom stereocenters. The molecule has 0 aliphatic carbocycles. The molecule has 0 fully saturated rings. The van der Waals surface area contributed by atoms with Crippen molar-refractivity contribution in [1.82, 2.24) is 9.78 Å². The summed E-state index contributed by atoms with van der Waals surface area (Å²) in [6, 6.07) is 7.52. The van der Waals surface area contributed by atoms with Gasteiger partial charge in [0.25, 0.3) is 5.56 Å². The molecule has 2 aromatic rings. The highest BCUT2D eigenvalue weighted by molar-refractivity contribution is 5.33. The molecule has 0 amide bonds. The minimum absolute atomic E-state index is 0.179. The third-order valence-corrected chi connectivity index (χ3v) is 3.18. The molecule has 20 heavy (non-hydrogen) atoms. The SMILES string of the molecule is Cc1cccc(C)c1Cn1ncc(OCCN)cc1=O. The summed E-state index contributed by atoms with van der Waals surface area (Å²) in [7, 11) is 0. The first-order chi connectivity index (χ1) is 9.61. The first kappa shape index (κ1) is 14.3. The highest BCUT2D eigenvalue weighted by Crippen LogP contribution is 2.14. The van der Waals surface area contributed by atoms with Crippen molar-refractivity contribution < 1.29 is 4.74 Å². The van der Waals surface area contributed by atoms with Crippen LogP contribution in [0.3, 0.4) is 0 Å². The minimum Gasteiger partial charge on any atom is -0.490 e. The Bertz CT molecular complexity index is 630. The molecule has 5 heteroatoms. The Hall–Kier alpha value is -2.14. The average Bonchev–Trinajstić information content (AvgIpc) is 2.42. The molecule has 2 N–H and O–H groups in total. The van der Waals surface area contributed by atoms with E-state index < -0.39 is 0 Å². The Morgan fingerprint density at radius 2 is 2.00 bits per heavy atom. The standard InChI is InChI=1S/C15H19N3O2/c1-11-4-3-5-12(2)14(11)10-18-15(19)8-13(9-17-18)20-7-6-16/h3-5,8-9H,6-7,10,16H2,1-2H3. The Morgan fingerprint density at radius 1 is 1.30 bits per heavy atom. The molecular formula is C15H19N3O2. The third kappa shape index (κ3) is 3.24. The fourth-order valence-corrected chi connectivity index (χ4v) is 2.04. The van der Waals surface area contributed by atoms with E-state index in [-0.39, 0.29) is 5.56 Å². The number of aromatic nitrogens is 2. The molecule has 0 radical (unpaired) electrons. The molecular weight excluding hydrogens is 254 g/mol. The topological polar surface area (TPSA) is 70.1 Å². The van der Waals surface area contributed by atoms with Gasteiger partial charge in [-0.1, -0.05) is 18.2 Å². The van der Waals surface area contributed by atoms with E-state index in [1.807, 2.05) is 32.0 Å². The van der Waals surface area contributed by atoms with Crippen LogP contribution in [0, 0.1) is 13.8 Å². The highest BCUT2D eigenvalue weighted by atomic mass is 16.5. The maximum Gasteiger partial charge on any atom is 0.270 e. The van der Waals surface area contributed by atoms with Gasteiger partial charge in [-0.2, -0.15) is 5.10 Å². The first-order valence-electron chi connectivity index (χ1n) is 6.57. The van der Waals surface area contributed by atoms with Crippen molar-refractivity contribution in [3.63, 3.8) is 0 Å². The van der Waals surface area contributed by atoms with Gasteiger partial charge in [0.1, 0.15) is 12.4 Å². The lowest BCUT2D eigenvalue weighted by Gasteiger charge is -2.11. The maximum atomic E-state index is 12.0. The van der Waals surface area contributed by atoms with Crippen LogP contribution in [0.2, 0.25) is 0 Å². The van der Waals surface area contributed by atoms with Gasteiger partial charge < -0.3 is 10.5 Å². The van der Waals surface area contributed by atoms with Crippen LogP contribution in [0.1, 0.15) is 16.7 Å². The number of benzene rings is 1. The Kier molecular flexibility index (Phi) is 4.53. The Labute approximate surface area is 118 Å². The highest BCUT2D eigenvalue weighted by Gasteiger charge is 2.06. The van der Waals surface area contributed by atoms with Gasteiger partial charge in [0.2, 0.25) is 0 Å². The van der Waals surface area contributed by atoms with Crippen molar-refractivity contribution in [2.45, 2.75) is 20.4 Å². The molecule has 0 saturated heterocycles. The van der Waals surface area contributed by atoms with Gasteiger partial charge in [-0.25, -0.2) is 4.68 Å². The zero-order valence-corrected chi connectivity index (χ0v) is 11.8. The van der Waals surface area contributed by atoms with E-state index in [4.69, 9.17) is 10.5 Å². The summed E-state index contributed by atoms with van der Waals surface area (Å²) >= 11 is 0. The van der Waals surface area contributed by atoms with Gasteiger partial charge in [0, 0.05) is 12.6 Å². The molecule has 0 saturated carbocycles. The number of aryl methyl sites for hydroxylation is 2. The first-order valence-corrected chi connectivity index (χ1v) is 6.57. The Morgan fingerprint density at radius 3 is 2.60 bits per heavy atom. The number of ether oxygens (including phenoxy) is 1. The van der Waals surface area contributed by atoms with Crippen LogP contribution in [0.5, 0.6) is 5.75 Å². The molecule has 0 aliphatic heterocycles. The van der Waals surface area contributed by atoms with Gasteiger partial charge in [0.15, 0.2) is 0 Å². The van der Waals surface area contributed by atoms with E-state index in [9.17, 15) is 4.79 Å². The van der Waals surface area contributed by atoms with Crippen molar-refractivity contribution in [2.75, 3.05) is 13.2 Å². The van der Waals surface area contributed by atoms with Crippen LogP contribution in [0.4, 0.5) is 0 Å². The van der Waals surface area contributed by atoms with Crippen LogP contribution in [-0.4, -0.2) is 22.9 Å². The predicted molar refractivity (Wildman–Crippen MR) is 78.1 cm³/mol. The van der Waals surface area contributed by atoms with Crippen LogP contribution in [0.15, 0.2) is 35.3 Å². The molecule has 0 bridgehead atoms. The summed E-state index contributed by atoms with van der Waals surface area (Å²) in [5, 5.41) is 4.15. The van der Waals surface area contributed by atoms with Gasteiger partial charge in [-0.05, 0) is 30.5 Å². The number of nitrogens with zero attached hydrogens (tertiary/aromatic N) is 2. The van der Waals surface area contributed by atoms with Crippen molar-refractivity contribution in [3.05, 3.63) is 57.5 Å². The third-order valence-electron chi connectivity index (χ3n) is 3.18. The number of hydrogen-bond donors (Lipinski definition) is 1. The monoisotopic (exact) mass is 273 g/mol. The summed E-state index contributed by atoms with van der Waals surface area (Å²) < 4.78 is 6.72. The van der Waals surface area contributed by atoms with Crippen molar-refractivity contribution in [3.8, 4) is 5.75 Å². The molecule has 2 rings (SSSR count). The van der Waals surface area contributed by atoms with E-state index in [1.165, 1.54) is 10.7 Å².